The van der Waals surface area contributed by atoms with Crippen LogP contribution in [0.15, 0.2) is 46.9 Å². The Balaban J connectivity index is 1.55. The molecule has 4 aromatic rings. The number of aromatic nitrogens is 4. The number of hydrogen-bond donors (Lipinski definition) is 0. The third kappa shape index (κ3) is 4.69. The van der Waals surface area contributed by atoms with Gasteiger partial charge in [0.2, 0.25) is 5.91 Å². The second-order valence-electron chi connectivity index (χ2n) is 7.86. The van der Waals surface area contributed by atoms with E-state index < -0.39 is 0 Å². The van der Waals surface area contributed by atoms with Crippen LogP contribution in [0.2, 0.25) is 0 Å². The second-order valence-corrected chi connectivity index (χ2v) is 9.64. The molecule has 0 saturated heterocycles. The van der Waals surface area contributed by atoms with Crippen LogP contribution in [-0.2, 0) is 17.6 Å². The minimum Gasteiger partial charge on any atom is -0.305 e. The lowest BCUT2D eigenvalue weighted by Crippen LogP contribution is -2.24. The molecule has 1 amide bonds. The molecule has 9 heteroatoms. The summed E-state index contributed by atoms with van der Waals surface area (Å²) in [4.78, 5) is 19.0. The lowest BCUT2D eigenvalue weighted by atomic mass is 10.0. The summed E-state index contributed by atoms with van der Waals surface area (Å²) in [7, 11) is 1.82. The predicted molar refractivity (Wildman–Crippen MR) is 132 cm³/mol. The van der Waals surface area contributed by atoms with Gasteiger partial charge in [-0.15, -0.1) is 21.5 Å². The standard InChI is InChI=1S/C24H24FN5OS2/c1-14-10-15(2)21(16(3)11-14)30(17(4)31)23-26-18(12-32-23)13-33-24-28-27-22(29(24)5)19-8-6-7-9-20(19)25/h6-12H,13H2,1-5H3. The zero-order chi connectivity index (χ0) is 23.7. The van der Waals surface area contributed by atoms with Crippen LogP contribution in [0.4, 0.5) is 15.2 Å². The first-order valence-corrected chi connectivity index (χ1v) is 12.2. The van der Waals surface area contributed by atoms with Crippen LogP contribution in [-0.4, -0.2) is 25.7 Å². The lowest BCUT2D eigenvalue weighted by Gasteiger charge is -2.23. The Kier molecular flexibility index (Phi) is 6.62. The Bertz CT molecular complexity index is 1310. The number of amides is 1. The second kappa shape index (κ2) is 9.44. The third-order valence-corrected chi connectivity index (χ3v) is 7.13. The molecule has 0 aliphatic carbocycles. The third-order valence-electron chi connectivity index (χ3n) is 5.20. The molecular weight excluding hydrogens is 457 g/mol. The Morgan fingerprint density at radius 2 is 1.85 bits per heavy atom. The van der Waals surface area contributed by atoms with Crippen molar-refractivity contribution in [3.63, 3.8) is 0 Å². The summed E-state index contributed by atoms with van der Waals surface area (Å²) in [6, 6.07) is 10.7. The van der Waals surface area contributed by atoms with Gasteiger partial charge in [0, 0.05) is 25.1 Å². The number of aryl methyl sites for hydroxylation is 3. The van der Waals surface area contributed by atoms with E-state index in [1.54, 1.807) is 34.6 Å². The van der Waals surface area contributed by atoms with Gasteiger partial charge in [0.1, 0.15) is 5.82 Å². The number of carbonyl (C=O) groups is 1. The number of halogens is 1. The van der Waals surface area contributed by atoms with Crippen molar-refractivity contribution in [2.45, 2.75) is 38.6 Å². The normalized spacial score (nSPS) is 11.1. The first-order valence-electron chi connectivity index (χ1n) is 10.4. The van der Waals surface area contributed by atoms with E-state index in [4.69, 9.17) is 4.98 Å². The van der Waals surface area contributed by atoms with Gasteiger partial charge < -0.3 is 4.57 Å². The summed E-state index contributed by atoms with van der Waals surface area (Å²) in [5, 5.41) is 11.6. The monoisotopic (exact) mass is 481 g/mol. The fourth-order valence-electron chi connectivity index (χ4n) is 3.83. The minimum atomic E-state index is -0.334. The Morgan fingerprint density at radius 3 is 2.52 bits per heavy atom. The Morgan fingerprint density at radius 1 is 1.15 bits per heavy atom. The SMILES string of the molecule is CC(=O)N(c1nc(CSc2nnc(-c3ccccc3F)n2C)cs1)c1c(C)cc(C)cc1C. The smallest absolute Gasteiger partial charge is 0.230 e. The summed E-state index contributed by atoms with van der Waals surface area (Å²) < 4.78 is 15.9. The fourth-order valence-corrected chi connectivity index (χ4v) is 5.62. The molecule has 2 heterocycles. The summed E-state index contributed by atoms with van der Waals surface area (Å²) in [6.07, 6.45) is 0. The van der Waals surface area contributed by atoms with Gasteiger partial charge in [0.05, 0.1) is 16.9 Å². The fraction of sp³-hybridized carbons (Fsp3) is 0.250. The molecular formula is C24H24FN5OS2. The number of thioether (sulfide) groups is 1. The molecule has 2 aromatic carbocycles. The van der Waals surface area contributed by atoms with Crippen LogP contribution in [0.3, 0.4) is 0 Å². The maximum atomic E-state index is 14.1. The topological polar surface area (TPSA) is 63.9 Å². The predicted octanol–water partition coefficient (Wildman–Crippen LogP) is 5.98. The number of nitrogens with zero attached hydrogens (tertiary/aromatic N) is 5. The highest BCUT2D eigenvalue weighted by Crippen LogP contribution is 2.35. The molecule has 4 rings (SSSR count). The number of rotatable bonds is 6. The maximum Gasteiger partial charge on any atom is 0.230 e. The summed E-state index contributed by atoms with van der Waals surface area (Å²) in [6.45, 7) is 7.62. The first kappa shape index (κ1) is 23.1. The maximum absolute atomic E-state index is 14.1. The number of hydrogen-bond acceptors (Lipinski definition) is 6. The van der Waals surface area contributed by atoms with Crippen LogP contribution in [0.5, 0.6) is 0 Å². The van der Waals surface area contributed by atoms with Crippen molar-refractivity contribution in [3.05, 3.63) is 70.0 Å². The van der Waals surface area contributed by atoms with E-state index >= 15 is 0 Å². The van der Waals surface area contributed by atoms with Gasteiger partial charge in [-0.25, -0.2) is 9.37 Å². The van der Waals surface area contributed by atoms with Gasteiger partial charge in [-0.05, 0) is 44.0 Å². The van der Waals surface area contributed by atoms with Crippen LogP contribution in [0, 0.1) is 26.6 Å². The molecule has 0 bridgehead atoms. The van der Waals surface area contributed by atoms with Crippen molar-refractivity contribution in [2.24, 2.45) is 7.05 Å². The van der Waals surface area contributed by atoms with E-state index in [1.807, 2.05) is 33.2 Å². The van der Waals surface area contributed by atoms with Gasteiger partial charge in [0.25, 0.3) is 0 Å². The van der Waals surface area contributed by atoms with Crippen LogP contribution in [0.1, 0.15) is 29.3 Å². The highest BCUT2D eigenvalue weighted by Gasteiger charge is 2.22. The number of thiazole rings is 1. The minimum absolute atomic E-state index is 0.0820. The number of carbonyl (C=O) groups excluding carboxylic acids is 1. The molecule has 2 aromatic heterocycles. The Labute approximate surface area is 200 Å². The van der Waals surface area contributed by atoms with Crippen molar-refractivity contribution < 1.29 is 9.18 Å². The van der Waals surface area contributed by atoms with Crippen molar-refractivity contribution in [1.82, 2.24) is 19.7 Å². The summed E-state index contributed by atoms with van der Waals surface area (Å²) >= 11 is 2.90. The Hall–Kier alpha value is -3.04. The average molecular weight is 482 g/mol. The van der Waals surface area contributed by atoms with Gasteiger partial charge in [0.15, 0.2) is 16.1 Å². The molecule has 0 aliphatic rings. The highest BCUT2D eigenvalue weighted by molar-refractivity contribution is 7.98. The molecule has 0 atom stereocenters. The zero-order valence-corrected chi connectivity index (χ0v) is 20.7. The molecule has 0 N–H and O–H groups in total. The molecule has 0 spiro atoms. The van der Waals surface area contributed by atoms with E-state index in [9.17, 15) is 9.18 Å². The van der Waals surface area contributed by atoms with E-state index in [0.717, 1.165) is 28.1 Å². The molecule has 0 unspecified atom stereocenters. The van der Waals surface area contributed by atoms with Gasteiger partial charge in [-0.3, -0.25) is 9.69 Å². The molecule has 0 aliphatic heterocycles. The van der Waals surface area contributed by atoms with Crippen molar-refractivity contribution in [3.8, 4) is 11.4 Å². The molecule has 0 saturated carbocycles. The quantitative estimate of drug-likeness (QED) is 0.317. The van der Waals surface area contributed by atoms with E-state index in [2.05, 4.69) is 22.3 Å². The van der Waals surface area contributed by atoms with Gasteiger partial charge in [-0.2, -0.15) is 0 Å². The van der Waals surface area contributed by atoms with E-state index in [1.165, 1.54) is 29.2 Å². The summed E-state index contributed by atoms with van der Waals surface area (Å²) in [5.74, 6) is 0.612. The van der Waals surface area contributed by atoms with Crippen LogP contribution in [0.25, 0.3) is 11.4 Å². The average Bonchev–Trinajstić information content (AvgIpc) is 3.35. The molecule has 0 radical (unpaired) electrons. The first-order chi connectivity index (χ1) is 15.8. The van der Waals surface area contributed by atoms with E-state index in [0.29, 0.717) is 27.4 Å². The molecule has 33 heavy (non-hydrogen) atoms. The van der Waals surface area contributed by atoms with Gasteiger partial charge >= 0.3 is 0 Å². The molecule has 0 fully saturated rings. The van der Waals surface area contributed by atoms with Crippen molar-refractivity contribution >= 4 is 39.8 Å². The van der Waals surface area contributed by atoms with Crippen LogP contribution >= 0.6 is 23.1 Å². The number of anilines is 2. The molecule has 6 nitrogen and oxygen atoms in total. The van der Waals surface area contributed by atoms with Crippen molar-refractivity contribution in [2.75, 3.05) is 4.90 Å². The largest absolute Gasteiger partial charge is 0.305 e. The van der Waals surface area contributed by atoms with E-state index in [-0.39, 0.29) is 11.7 Å². The van der Waals surface area contributed by atoms with Crippen molar-refractivity contribution in [1.29, 1.82) is 0 Å². The number of benzene rings is 2. The zero-order valence-electron chi connectivity index (χ0n) is 19.1. The van der Waals surface area contributed by atoms with Gasteiger partial charge in [-0.1, -0.05) is 41.6 Å². The highest BCUT2D eigenvalue weighted by atomic mass is 32.2. The lowest BCUT2D eigenvalue weighted by molar-refractivity contribution is -0.115. The summed E-state index contributed by atoms with van der Waals surface area (Å²) in [5.41, 5.74) is 5.36. The molecule has 170 valence electrons. The van der Waals surface area contributed by atoms with Crippen LogP contribution < -0.4 is 4.90 Å².